The number of likely N-dealkylation sites (N-methyl/N-ethyl adjacent to an activating group) is 1. The van der Waals surface area contributed by atoms with Crippen molar-refractivity contribution < 1.29 is 4.74 Å². The molecule has 0 spiro atoms. The van der Waals surface area contributed by atoms with Crippen LogP contribution >= 0.6 is 11.8 Å². The molecule has 30 heavy (non-hydrogen) atoms. The molecule has 3 aromatic heterocycles. The Kier molecular flexibility index (Phi) is 6.87. The summed E-state index contributed by atoms with van der Waals surface area (Å²) in [6, 6.07) is 3.97. The molecule has 3 rings (SSSR count). The number of aromatic nitrogens is 5. The minimum atomic E-state index is -0.142. The lowest BCUT2D eigenvalue weighted by Crippen LogP contribution is -2.28. The van der Waals surface area contributed by atoms with Gasteiger partial charge in [0.1, 0.15) is 18.0 Å². The van der Waals surface area contributed by atoms with Gasteiger partial charge >= 0.3 is 0 Å². The summed E-state index contributed by atoms with van der Waals surface area (Å²) in [5.74, 6) is 1.28. The van der Waals surface area contributed by atoms with Gasteiger partial charge in [0.05, 0.1) is 12.4 Å². The van der Waals surface area contributed by atoms with E-state index in [1.54, 1.807) is 22.6 Å². The van der Waals surface area contributed by atoms with Crippen LogP contribution in [0.3, 0.4) is 0 Å². The van der Waals surface area contributed by atoms with Gasteiger partial charge < -0.3 is 15.0 Å². The van der Waals surface area contributed by atoms with E-state index in [2.05, 4.69) is 25.4 Å². The van der Waals surface area contributed by atoms with Crippen LogP contribution in [0.2, 0.25) is 0 Å². The highest BCUT2D eigenvalue weighted by atomic mass is 32.2. The maximum absolute atomic E-state index is 9.32. The maximum atomic E-state index is 9.32. The van der Waals surface area contributed by atoms with E-state index in [-0.39, 0.29) is 17.7 Å². The average molecular weight is 425 g/mol. The van der Waals surface area contributed by atoms with Gasteiger partial charge in [-0.15, -0.1) is 11.8 Å². The van der Waals surface area contributed by atoms with Crippen molar-refractivity contribution in [3.8, 4) is 23.1 Å². The molecule has 0 fully saturated rings. The molecular formula is C20H24N8OS. The summed E-state index contributed by atoms with van der Waals surface area (Å²) in [5, 5.41) is 16.7. The zero-order valence-electron chi connectivity index (χ0n) is 17.6. The molecule has 0 aromatic carbocycles. The van der Waals surface area contributed by atoms with Gasteiger partial charge in [0, 0.05) is 42.0 Å². The summed E-state index contributed by atoms with van der Waals surface area (Å²) < 4.78 is 7.60. The van der Waals surface area contributed by atoms with E-state index in [9.17, 15) is 5.26 Å². The average Bonchev–Trinajstić information content (AvgIpc) is 3.13. The molecule has 0 bridgehead atoms. The highest BCUT2D eigenvalue weighted by molar-refractivity contribution is 7.98. The van der Waals surface area contributed by atoms with Gasteiger partial charge in [0.25, 0.3) is 5.88 Å². The molecule has 9 nitrogen and oxygen atoms in total. The van der Waals surface area contributed by atoms with Crippen LogP contribution in [0.5, 0.6) is 5.88 Å². The minimum absolute atomic E-state index is 0.142. The Labute approximate surface area is 180 Å². The van der Waals surface area contributed by atoms with E-state index in [1.807, 2.05) is 63.8 Å². The van der Waals surface area contributed by atoms with Crippen LogP contribution in [0, 0.1) is 11.3 Å². The first kappa shape index (κ1) is 21.5. The largest absolute Gasteiger partial charge is 0.471 e. The third-order valence-corrected chi connectivity index (χ3v) is 4.92. The molecule has 0 aliphatic carbocycles. The predicted molar refractivity (Wildman–Crippen MR) is 117 cm³/mol. The standard InChI is InChI=1S/C20H24N8OS/c1-13(11-27(2)3)29-20-16(7-21)22-10-19(26-20)25-18-6-17(30-5)15(9-23-18)14-8-24-28(4)12-14/h6,8-10,12-13H,11H2,1-5H3,(H,23,25,26)/t13-/m1/s1. The quantitative estimate of drug-likeness (QED) is 0.546. The molecule has 0 radical (unpaired) electrons. The number of ether oxygens (including phenoxy) is 1. The topological polar surface area (TPSA) is 105 Å². The van der Waals surface area contributed by atoms with Crippen molar-refractivity contribution in [2.75, 3.05) is 32.2 Å². The van der Waals surface area contributed by atoms with Gasteiger partial charge in [0.15, 0.2) is 5.82 Å². The van der Waals surface area contributed by atoms with Gasteiger partial charge in [-0.05, 0) is 33.3 Å². The van der Waals surface area contributed by atoms with Gasteiger partial charge in [-0.2, -0.15) is 15.3 Å². The van der Waals surface area contributed by atoms with Crippen molar-refractivity contribution in [1.29, 1.82) is 5.26 Å². The maximum Gasteiger partial charge on any atom is 0.253 e. The van der Waals surface area contributed by atoms with Gasteiger partial charge in [0.2, 0.25) is 5.69 Å². The number of thioether (sulfide) groups is 1. The Morgan fingerprint density at radius 1 is 1.27 bits per heavy atom. The van der Waals surface area contributed by atoms with Gasteiger partial charge in [-0.3, -0.25) is 4.68 Å². The number of pyridine rings is 1. The van der Waals surface area contributed by atoms with Crippen molar-refractivity contribution in [2.45, 2.75) is 17.9 Å². The van der Waals surface area contributed by atoms with E-state index in [1.165, 1.54) is 6.20 Å². The monoisotopic (exact) mass is 424 g/mol. The summed E-state index contributed by atoms with van der Waals surface area (Å²) >= 11 is 1.62. The number of aryl methyl sites for hydroxylation is 1. The van der Waals surface area contributed by atoms with Crippen LogP contribution < -0.4 is 10.1 Å². The normalized spacial score (nSPS) is 11.9. The van der Waals surface area contributed by atoms with Crippen LogP contribution in [0.15, 0.2) is 35.7 Å². The van der Waals surface area contributed by atoms with Crippen molar-refractivity contribution in [1.82, 2.24) is 29.6 Å². The Morgan fingerprint density at radius 2 is 2.07 bits per heavy atom. The van der Waals surface area contributed by atoms with E-state index < -0.39 is 0 Å². The molecule has 3 aromatic rings. The Morgan fingerprint density at radius 3 is 2.70 bits per heavy atom. The van der Waals surface area contributed by atoms with Crippen LogP contribution in [-0.4, -0.2) is 62.6 Å². The summed E-state index contributed by atoms with van der Waals surface area (Å²) in [5.41, 5.74) is 2.16. The molecule has 0 saturated heterocycles. The Hall–Kier alpha value is -3.16. The molecule has 1 atom stereocenters. The molecule has 10 heteroatoms. The van der Waals surface area contributed by atoms with Crippen molar-refractivity contribution in [3.05, 3.63) is 36.5 Å². The number of hydrogen-bond acceptors (Lipinski definition) is 9. The number of anilines is 2. The van der Waals surface area contributed by atoms with Gasteiger partial charge in [-0.25, -0.2) is 9.97 Å². The molecule has 0 saturated carbocycles. The highest BCUT2D eigenvalue weighted by Crippen LogP contribution is 2.31. The molecule has 156 valence electrons. The lowest BCUT2D eigenvalue weighted by Gasteiger charge is -2.18. The van der Waals surface area contributed by atoms with E-state index in [0.717, 1.165) is 16.0 Å². The van der Waals surface area contributed by atoms with Crippen molar-refractivity contribution in [2.24, 2.45) is 7.05 Å². The smallest absolute Gasteiger partial charge is 0.253 e. The molecule has 0 aliphatic rings. The Bertz CT molecular complexity index is 1060. The van der Waals surface area contributed by atoms with Crippen molar-refractivity contribution >= 4 is 23.4 Å². The zero-order valence-corrected chi connectivity index (χ0v) is 18.4. The first-order valence-corrected chi connectivity index (χ1v) is 10.5. The third kappa shape index (κ3) is 5.25. The fourth-order valence-electron chi connectivity index (χ4n) is 2.92. The van der Waals surface area contributed by atoms with Gasteiger partial charge in [-0.1, -0.05) is 0 Å². The number of nitrogens with zero attached hydrogens (tertiary/aromatic N) is 7. The minimum Gasteiger partial charge on any atom is -0.471 e. The summed E-state index contributed by atoms with van der Waals surface area (Å²) in [6.45, 7) is 2.62. The molecular weight excluding hydrogens is 400 g/mol. The lowest BCUT2D eigenvalue weighted by molar-refractivity contribution is 0.169. The van der Waals surface area contributed by atoms with Crippen molar-refractivity contribution in [3.63, 3.8) is 0 Å². The number of hydrogen-bond donors (Lipinski definition) is 1. The fraction of sp³-hybridized carbons (Fsp3) is 0.350. The second-order valence-electron chi connectivity index (χ2n) is 7.01. The van der Waals surface area contributed by atoms with E-state index >= 15 is 0 Å². The van der Waals surface area contributed by atoms with Crippen LogP contribution in [0.4, 0.5) is 11.6 Å². The molecule has 0 unspecified atom stereocenters. The molecule has 1 N–H and O–H groups in total. The predicted octanol–water partition coefficient (Wildman–Crippen LogP) is 2.94. The summed E-state index contributed by atoms with van der Waals surface area (Å²) in [4.78, 5) is 16.2. The van der Waals surface area contributed by atoms with E-state index in [0.29, 0.717) is 18.2 Å². The number of nitrogens with one attached hydrogen (secondary N) is 1. The Balaban J connectivity index is 1.83. The number of rotatable bonds is 8. The van der Waals surface area contributed by atoms with Crippen LogP contribution in [0.1, 0.15) is 12.6 Å². The second kappa shape index (κ2) is 9.56. The summed E-state index contributed by atoms with van der Waals surface area (Å²) in [6.07, 6.45) is 8.94. The molecule has 3 heterocycles. The van der Waals surface area contributed by atoms with Crippen LogP contribution in [-0.2, 0) is 7.05 Å². The molecule has 0 aliphatic heterocycles. The van der Waals surface area contributed by atoms with E-state index in [4.69, 9.17) is 4.74 Å². The van der Waals surface area contributed by atoms with Crippen LogP contribution in [0.25, 0.3) is 11.1 Å². The zero-order chi connectivity index (χ0) is 21.7. The number of nitriles is 1. The highest BCUT2D eigenvalue weighted by Gasteiger charge is 2.15. The molecule has 0 amide bonds. The summed E-state index contributed by atoms with van der Waals surface area (Å²) in [7, 11) is 5.80. The fourth-order valence-corrected chi connectivity index (χ4v) is 3.54. The first-order chi connectivity index (χ1) is 14.4. The SMILES string of the molecule is CSc1cc(Nc2cnc(C#N)c(O[C@H](C)CN(C)C)n2)ncc1-c1cnn(C)c1. The third-order valence-electron chi connectivity index (χ3n) is 4.14. The lowest BCUT2D eigenvalue weighted by atomic mass is 10.1. The second-order valence-corrected chi connectivity index (χ2v) is 7.86. The first-order valence-electron chi connectivity index (χ1n) is 9.28.